The highest BCUT2D eigenvalue weighted by atomic mass is 32.1. The van der Waals surface area contributed by atoms with E-state index in [4.69, 9.17) is 0 Å². The van der Waals surface area contributed by atoms with Crippen molar-refractivity contribution in [3.05, 3.63) is 62.6 Å². The summed E-state index contributed by atoms with van der Waals surface area (Å²) in [4.78, 5) is 13.8. The van der Waals surface area contributed by atoms with Crippen molar-refractivity contribution in [1.82, 2.24) is 0 Å². The lowest BCUT2D eigenvalue weighted by Crippen LogP contribution is -2.10. The molecule has 19 heavy (non-hydrogen) atoms. The Bertz CT molecular complexity index is 768. The molecule has 3 rings (SSSR count). The van der Waals surface area contributed by atoms with Crippen LogP contribution in [0.4, 0.5) is 0 Å². The zero-order valence-corrected chi connectivity index (χ0v) is 12.0. The van der Waals surface area contributed by atoms with E-state index in [0.717, 1.165) is 28.5 Å². The number of fused-ring (bicyclic) bond motifs is 2. The molecular weight excluding hydrogens is 251 g/mol. The summed E-state index contributed by atoms with van der Waals surface area (Å²) >= 11 is 1.75. The first-order chi connectivity index (χ1) is 9.20. The third kappa shape index (κ3) is 2.08. The zero-order valence-electron chi connectivity index (χ0n) is 11.2. The van der Waals surface area contributed by atoms with Gasteiger partial charge in [0, 0.05) is 20.5 Å². The second-order valence-electron chi connectivity index (χ2n) is 4.91. The Morgan fingerprint density at radius 1 is 1.32 bits per heavy atom. The number of allylic oxidation sites excluding steroid dienone is 4. The van der Waals surface area contributed by atoms with Crippen LogP contribution in [-0.2, 0) is 6.42 Å². The Labute approximate surface area is 117 Å². The van der Waals surface area contributed by atoms with Gasteiger partial charge in [0.05, 0.1) is 0 Å². The van der Waals surface area contributed by atoms with Crippen LogP contribution in [0.5, 0.6) is 0 Å². The van der Waals surface area contributed by atoms with Crippen LogP contribution in [0.25, 0.3) is 15.7 Å². The summed E-state index contributed by atoms with van der Waals surface area (Å²) < 4.78 is 1.09. The van der Waals surface area contributed by atoms with E-state index < -0.39 is 0 Å². The van der Waals surface area contributed by atoms with Gasteiger partial charge in [0.2, 0.25) is 0 Å². The van der Waals surface area contributed by atoms with Crippen LogP contribution < -0.4 is 5.43 Å². The minimum Gasteiger partial charge on any atom is -0.289 e. The Hall–Kier alpha value is -1.61. The van der Waals surface area contributed by atoms with Crippen LogP contribution in [0.15, 0.2) is 46.7 Å². The van der Waals surface area contributed by atoms with Gasteiger partial charge in [-0.05, 0) is 30.5 Å². The SMILES string of the molecule is BC1=CCc2c(sc3ccccc3c2=O)C(CC)=C1. The number of hydrogen-bond acceptors (Lipinski definition) is 2. The molecule has 0 atom stereocenters. The van der Waals surface area contributed by atoms with Crippen molar-refractivity contribution in [2.45, 2.75) is 19.8 Å². The van der Waals surface area contributed by atoms with Crippen LogP contribution in [0, 0.1) is 0 Å². The Balaban J connectivity index is 2.40. The number of rotatable bonds is 1. The van der Waals surface area contributed by atoms with Gasteiger partial charge >= 0.3 is 0 Å². The standard InChI is InChI=1S/C16H15BOS/c1-2-10-9-11(17)7-8-13-15(18)12-5-3-4-6-14(12)19-16(10)13/h3-7,9H,2,8,17H2,1H3. The molecule has 0 saturated heterocycles. The van der Waals surface area contributed by atoms with Gasteiger partial charge in [-0.15, -0.1) is 11.3 Å². The minimum atomic E-state index is 0.203. The molecule has 0 bridgehead atoms. The van der Waals surface area contributed by atoms with Gasteiger partial charge in [-0.2, -0.15) is 0 Å². The van der Waals surface area contributed by atoms with Crippen molar-refractivity contribution in [2.24, 2.45) is 0 Å². The van der Waals surface area contributed by atoms with Crippen LogP contribution in [0.3, 0.4) is 0 Å². The van der Waals surface area contributed by atoms with Crippen molar-refractivity contribution in [3.8, 4) is 0 Å². The summed E-state index contributed by atoms with van der Waals surface area (Å²) in [5, 5.41) is 0.856. The lowest BCUT2D eigenvalue weighted by Gasteiger charge is -2.09. The first-order valence-corrected chi connectivity index (χ1v) is 7.44. The smallest absolute Gasteiger partial charge is 0.192 e. The van der Waals surface area contributed by atoms with Gasteiger partial charge in [0.25, 0.3) is 0 Å². The maximum atomic E-state index is 12.6. The lowest BCUT2D eigenvalue weighted by atomic mass is 9.93. The second kappa shape index (κ2) is 4.82. The summed E-state index contributed by atoms with van der Waals surface area (Å²) in [5.41, 5.74) is 3.71. The molecule has 1 aliphatic carbocycles. The fraction of sp³-hybridized carbons (Fsp3) is 0.188. The molecule has 3 heteroatoms. The first kappa shape index (κ1) is 12.4. The summed E-state index contributed by atoms with van der Waals surface area (Å²) in [6.45, 7) is 2.15. The molecule has 2 aromatic rings. The van der Waals surface area contributed by atoms with Crippen LogP contribution in [0.1, 0.15) is 23.8 Å². The molecule has 0 radical (unpaired) electrons. The van der Waals surface area contributed by atoms with E-state index in [1.54, 1.807) is 11.3 Å². The predicted octanol–water partition coefficient (Wildman–Crippen LogP) is 3.13. The van der Waals surface area contributed by atoms with Gasteiger partial charge in [0.1, 0.15) is 7.85 Å². The van der Waals surface area contributed by atoms with E-state index in [2.05, 4.69) is 26.9 Å². The van der Waals surface area contributed by atoms with Crippen LogP contribution >= 0.6 is 11.3 Å². The quantitative estimate of drug-likeness (QED) is 0.725. The number of hydrogen-bond donors (Lipinski definition) is 0. The summed E-state index contributed by atoms with van der Waals surface area (Å²) in [7, 11) is 2.11. The average Bonchev–Trinajstić information content (AvgIpc) is 2.59. The largest absolute Gasteiger partial charge is 0.289 e. The lowest BCUT2D eigenvalue weighted by molar-refractivity contribution is 1.21. The molecule has 0 saturated carbocycles. The van der Waals surface area contributed by atoms with Gasteiger partial charge < -0.3 is 0 Å². The van der Waals surface area contributed by atoms with Crippen molar-refractivity contribution in [1.29, 1.82) is 0 Å². The van der Waals surface area contributed by atoms with E-state index in [-0.39, 0.29) is 5.43 Å². The minimum absolute atomic E-state index is 0.203. The fourth-order valence-electron chi connectivity index (χ4n) is 2.55. The first-order valence-electron chi connectivity index (χ1n) is 6.63. The molecule has 0 amide bonds. The highest BCUT2D eigenvalue weighted by Crippen LogP contribution is 2.32. The van der Waals surface area contributed by atoms with Crippen molar-refractivity contribution in [3.63, 3.8) is 0 Å². The molecule has 1 aromatic carbocycles. The molecule has 0 unspecified atom stereocenters. The molecule has 0 fully saturated rings. The monoisotopic (exact) mass is 266 g/mol. The van der Waals surface area contributed by atoms with Gasteiger partial charge in [-0.3, -0.25) is 4.79 Å². The molecule has 1 heterocycles. The van der Waals surface area contributed by atoms with E-state index >= 15 is 0 Å². The molecular formula is C16H15BOS. The highest BCUT2D eigenvalue weighted by molar-refractivity contribution is 7.19. The van der Waals surface area contributed by atoms with E-state index in [9.17, 15) is 4.79 Å². The molecule has 0 spiro atoms. The average molecular weight is 266 g/mol. The van der Waals surface area contributed by atoms with Crippen molar-refractivity contribution in [2.75, 3.05) is 0 Å². The third-order valence-corrected chi connectivity index (χ3v) is 4.88. The molecule has 94 valence electrons. The third-order valence-electron chi connectivity index (χ3n) is 3.59. The van der Waals surface area contributed by atoms with Gasteiger partial charge in [-0.1, -0.05) is 36.7 Å². The molecule has 1 aliphatic rings. The number of benzene rings is 1. The summed E-state index contributed by atoms with van der Waals surface area (Å²) in [6, 6.07) is 7.92. The van der Waals surface area contributed by atoms with Crippen LogP contribution in [-0.4, -0.2) is 7.85 Å². The van der Waals surface area contributed by atoms with E-state index in [0.29, 0.717) is 0 Å². The van der Waals surface area contributed by atoms with Crippen molar-refractivity contribution < 1.29 is 0 Å². The van der Waals surface area contributed by atoms with Crippen LogP contribution in [0.2, 0.25) is 0 Å². The van der Waals surface area contributed by atoms with E-state index in [1.165, 1.54) is 15.9 Å². The van der Waals surface area contributed by atoms with Crippen molar-refractivity contribution >= 4 is 34.8 Å². The highest BCUT2D eigenvalue weighted by Gasteiger charge is 2.16. The van der Waals surface area contributed by atoms with E-state index in [1.807, 2.05) is 24.3 Å². The Kier molecular flexibility index (Phi) is 3.15. The fourth-order valence-corrected chi connectivity index (χ4v) is 3.82. The topological polar surface area (TPSA) is 17.1 Å². The summed E-state index contributed by atoms with van der Waals surface area (Å²) in [6.07, 6.45) is 6.09. The second-order valence-corrected chi connectivity index (χ2v) is 5.96. The predicted molar refractivity (Wildman–Crippen MR) is 86.7 cm³/mol. The molecule has 0 aliphatic heterocycles. The Morgan fingerprint density at radius 3 is 2.89 bits per heavy atom. The maximum Gasteiger partial charge on any atom is 0.192 e. The maximum absolute atomic E-state index is 12.6. The normalized spacial score (nSPS) is 14.6. The summed E-state index contributed by atoms with van der Waals surface area (Å²) in [5.74, 6) is 0. The molecule has 1 nitrogen and oxygen atoms in total. The molecule has 1 aromatic heterocycles. The molecule has 0 N–H and O–H groups in total. The van der Waals surface area contributed by atoms with Gasteiger partial charge in [0.15, 0.2) is 5.43 Å². The zero-order chi connectivity index (χ0) is 13.4. The van der Waals surface area contributed by atoms with Gasteiger partial charge in [-0.25, -0.2) is 0 Å². The Morgan fingerprint density at radius 2 is 2.11 bits per heavy atom.